The van der Waals surface area contributed by atoms with Gasteiger partial charge in [-0.25, -0.2) is 4.98 Å². The van der Waals surface area contributed by atoms with Gasteiger partial charge in [0.15, 0.2) is 0 Å². The quantitative estimate of drug-likeness (QED) is 0.325. The van der Waals surface area contributed by atoms with Crippen LogP contribution in [0.2, 0.25) is 0 Å². The van der Waals surface area contributed by atoms with Gasteiger partial charge in [-0.1, -0.05) is 51.5 Å². The maximum Gasteiger partial charge on any atom is 0.249 e. The second kappa shape index (κ2) is 12.4. The summed E-state index contributed by atoms with van der Waals surface area (Å²) in [4.78, 5) is 17.0. The molecule has 0 aliphatic carbocycles. The number of para-hydroxylation sites is 2. The van der Waals surface area contributed by atoms with Gasteiger partial charge in [-0.2, -0.15) is 0 Å². The minimum atomic E-state index is -0.239. The number of rotatable bonds is 12. The van der Waals surface area contributed by atoms with Crippen LogP contribution in [0.4, 0.5) is 0 Å². The number of fused-ring (bicyclic) bond motifs is 1. The molecule has 6 nitrogen and oxygen atoms in total. The fourth-order valence-electron chi connectivity index (χ4n) is 4.72. The number of imidazole rings is 1. The van der Waals surface area contributed by atoms with E-state index in [0.29, 0.717) is 19.8 Å². The van der Waals surface area contributed by atoms with Gasteiger partial charge in [-0.05, 0) is 67.3 Å². The first kappa shape index (κ1) is 26.2. The minimum absolute atomic E-state index is 0.0432. The lowest BCUT2D eigenvalue weighted by molar-refractivity contribution is -0.130. The lowest BCUT2D eigenvalue weighted by atomic mass is 9.87. The number of nitrogens with zero attached hydrogens (tertiary/aromatic N) is 2. The molecule has 1 fully saturated rings. The zero-order chi connectivity index (χ0) is 25.4. The van der Waals surface area contributed by atoms with Gasteiger partial charge in [0.2, 0.25) is 5.91 Å². The molecule has 1 aliphatic heterocycles. The molecule has 1 aliphatic rings. The highest BCUT2D eigenvalue weighted by Gasteiger charge is 2.22. The summed E-state index contributed by atoms with van der Waals surface area (Å²) in [5, 5.41) is 3.02. The first-order valence-corrected chi connectivity index (χ1v) is 13.5. The Morgan fingerprint density at radius 3 is 2.64 bits per heavy atom. The third kappa shape index (κ3) is 7.10. The van der Waals surface area contributed by atoms with Crippen LogP contribution in [0, 0.1) is 0 Å². The molecular weight excluding hydrogens is 450 g/mol. The Hall–Kier alpha value is -2.86. The molecule has 0 bridgehead atoms. The van der Waals surface area contributed by atoms with E-state index in [1.165, 1.54) is 11.1 Å². The molecule has 1 amide bonds. The Labute approximate surface area is 215 Å². The molecule has 3 aromatic rings. The van der Waals surface area contributed by atoms with E-state index in [0.717, 1.165) is 68.6 Å². The van der Waals surface area contributed by atoms with E-state index in [1.54, 1.807) is 0 Å². The molecule has 36 heavy (non-hydrogen) atoms. The first-order valence-electron chi connectivity index (χ1n) is 13.5. The number of nitrogens with one attached hydrogen (secondary N) is 1. The van der Waals surface area contributed by atoms with Crippen LogP contribution in [0.5, 0.6) is 5.75 Å². The third-order valence-corrected chi connectivity index (χ3v) is 6.85. The molecule has 1 unspecified atom stereocenters. The molecule has 1 saturated heterocycles. The topological polar surface area (TPSA) is 65.4 Å². The summed E-state index contributed by atoms with van der Waals surface area (Å²) in [6, 6.07) is 16.8. The number of carbonyl (C=O) groups is 1. The Balaban J connectivity index is 1.23. The Morgan fingerprint density at radius 2 is 1.89 bits per heavy atom. The molecule has 2 aromatic carbocycles. The van der Waals surface area contributed by atoms with E-state index in [1.807, 2.05) is 6.07 Å². The highest BCUT2D eigenvalue weighted by Crippen LogP contribution is 2.24. The van der Waals surface area contributed by atoms with E-state index in [-0.39, 0.29) is 17.4 Å². The van der Waals surface area contributed by atoms with Gasteiger partial charge in [-0.15, -0.1) is 0 Å². The summed E-state index contributed by atoms with van der Waals surface area (Å²) in [7, 11) is 0. The van der Waals surface area contributed by atoms with Crippen molar-refractivity contribution in [2.75, 3.05) is 19.8 Å². The standard InChI is InChI=1S/C30H41N3O3/c1-30(2,3)23-15-17-24(18-16-23)35-22-10-20-33-26-12-7-6-11-25(26)32-28(33)14-5-4-8-19-31-29(34)27-13-9-21-36-27/h6-7,11-12,15-18,27H,4-5,8-10,13-14,19-22H2,1-3H3,(H,31,34). The monoisotopic (exact) mass is 491 g/mol. The van der Waals surface area contributed by atoms with Gasteiger partial charge in [0.1, 0.15) is 17.7 Å². The number of aromatic nitrogens is 2. The van der Waals surface area contributed by atoms with E-state index < -0.39 is 0 Å². The summed E-state index contributed by atoms with van der Waals surface area (Å²) in [6.07, 6.45) is 6.52. The van der Waals surface area contributed by atoms with Crippen molar-refractivity contribution in [2.45, 2.75) is 83.8 Å². The van der Waals surface area contributed by atoms with E-state index >= 15 is 0 Å². The van der Waals surface area contributed by atoms with Crippen molar-refractivity contribution in [3.8, 4) is 5.75 Å². The van der Waals surface area contributed by atoms with E-state index in [9.17, 15) is 4.79 Å². The Bertz CT molecular complexity index is 1110. The number of hydrogen-bond acceptors (Lipinski definition) is 4. The van der Waals surface area contributed by atoms with Crippen LogP contribution in [-0.4, -0.2) is 41.3 Å². The average molecular weight is 492 g/mol. The van der Waals surface area contributed by atoms with Crippen molar-refractivity contribution >= 4 is 16.9 Å². The van der Waals surface area contributed by atoms with Crippen LogP contribution >= 0.6 is 0 Å². The second-order valence-electron chi connectivity index (χ2n) is 10.7. The van der Waals surface area contributed by atoms with Crippen LogP contribution in [0.15, 0.2) is 48.5 Å². The summed E-state index contributed by atoms with van der Waals surface area (Å²) in [5.74, 6) is 2.10. The number of aryl methyl sites for hydroxylation is 2. The summed E-state index contributed by atoms with van der Waals surface area (Å²) in [6.45, 7) is 9.64. The zero-order valence-electron chi connectivity index (χ0n) is 22.1. The largest absolute Gasteiger partial charge is 0.494 e. The average Bonchev–Trinajstić information content (AvgIpc) is 3.52. The van der Waals surface area contributed by atoms with Crippen LogP contribution in [0.1, 0.15) is 70.7 Å². The highest BCUT2D eigenvalue weighted by molar-refractivity contribution is 5.80. The van der Waals surface area contributed by atoms with Gasteiger partial charge in [-0.3, -0.25) is 4.79 Å². The molecular formula is C30H41N3O3. The molecule has 1 aromatic heterocycles. The van der Waals surface area contributed by atoms with Crippen LogP contribution in [0.25, 0.3) is 11.0 Å². The maximum atomic E-state index is 12.1. The fraction of sp³-hybridized carbons (Fsp3) is 0.533. The Kier molecular flexibility index (Phi) is 9.03. The number of ether oxygens (including phenoxy) is 2. The van der Waals surface area contributed by atoms with E-state index in [4.69, 9.17) is 14.5 Å². The molecule has 0 radical (unpaired) electrons. The molecule has 2 heterocycles. The predicted octanol–water partition coefficient (Wildman–Crippen LogP) is 5.81. The third-order valence-electron chi connectivity index (χ3n) is 6.85. The molecule has 6 heteroatoms. The number of benzene rings is 2. The van der Waals surface area contributed by atoms with Gasteiger partial charge < -0.3 is 19.4 Å². The Morgan fingerprint density at radius 1 is 1.08 bits per heavy atom. The smallest absolute Gasteiger partial charge is 0.249 e. The SMILES string of the molecule is CC(C)(C)c1ccc(OCCCn2c(CCCCCNC(=O)C3CCCO3)nc3ccccc32)cc1. The highest BCUT2D eigenvalue weighted by atomic mass is 16.5. The molecule has 1 N–H and O–H groups in total. The molecule has 0 spiro atoms. The van der Waals surface area contributed by atoms with Crippen molar-refractivity contribution in [3.63, 3.8) is 0 Å². The normalized spacial score (nSPS) is 15.9. The zero-order valence-corrected chi connectivity index (χ0v) is 22.1. The van der Waals surface area contributed by atoms with Gasteiger partial charge in [0, 0.05) is 26.1 Å². The molecule has 194 valence electrons. The van der Waals surface area contributed by atoms with Crippen LogP contribution in [-0.2, 0) is 27.9 Å². The molecule has 0 saturated carbocycles. The van der Waals surface area contributed by atoms with Crippen LogP contribution < -0.4 is 10.1 Å². The number of carbonyl (C=O) groups excluding carboxylic acids is 1. The fourth-order valence-corrected chi connectivity index (χ4v) is 4.72. The van der Waals surface area contributed by atoms with Gasteiger partial charge in [0.05, 0.1) is 17.6 Å². The first-order chi connectivity index (χ1) is 17.4. The van der Waals surface area contributed by atoms with Crippen molar-refractivity contribution in [1.82, 2.24) is 14.9 Å². The van der Waals surface area contributed by atoms with Gasteiger partial charge >= 0.3 is 0 Å². The van der Waals surface area contributed by atoms with Crippen molar-refractivity contribution < 1.29 is 14.3 Å². The van der Waals surface area contributed by atoms with Gasteiger partial charge in [0.25, 0.3) is 0 Å². The molecule has 4 rings (SSSR count). The maximum absolute atomic E-state index is 12.1. The van der Waals surface area contributed by atoms with E-state index in [2.05, 4.69) is 73.1 Å². The lowest BCUT2D eigenvalue weighted by Crippen LogP contribution is -2.34. The predicted molar refractivity (Wildman–Crippen MR) is 145 cm³/mol. The number of amides is 1. The number of hydrogen-bond donors (Lipinski definition) is 1. The van der Waals surface area contributed by atoms with Crippen molar-refractivity contribution in [2.24, 2.45) is 0 Å². The summed E-state index contributed by atoms with van der Waals surface area (Å²) in [5.41, 5.74) is 3.70. The van der Waals surface area contributed by atoms with Crippen LogP contribution in [0.3, 0.4) is 0 Å². The molecule has 1 atom stereocenters. The van der Waals surface area contributed by atoms with Crippen molar-refractivity contribution in [1.29, 1.82) is 0 Å². The lowest BCUT2D eigenvalue weighted by Gasteiger charge is -2.19. The van der Waals surface area contributed by atoms with Crippen molar-refractivity contribution in [3.05, 3.63) is 59.9 Å². The minimum Gasteiger partial charge on any atom is -0.494 e. The summed E-state index contributed by atoms with van der Waals surface area (Å²) >= 11 is 0. The summed E-state index contributed by atoms with van der Waals surface area (Å²) < 4.78 is 13.8. The number of unbranched alkanes of at least 4 members (excludes halogenated alkanes) is 2. The second-order valence-corrected chi connectivity index (χ2v) is 10.7.